The second kappa shape index (κ2) is 7.21. The van der Waals surface area contributed by atoms with Crippen LogP contribution in [-0.2, 0) is 14.9 Å². The lowest BCUT2D eigenvalue weighted by Crippen LogP contribution is -2.44. The van der Waals surface area contributed by atoms with Crippen LogP contribution in [-0.4, -0.2) is 24.1 Å². The lowest BCUT2D eigenvalue weighted by Gasteiger charge is -2.35. The standard InChI is InChI=1S/C23H19FN2O2S/c24-17-8-6-16(7-9-17)23(11-13-28-14-12-23)21(27)26-22-25-20-18-4-2-1-3-15(18)5-10-19(20)29-22/h1-10H,11-14H2,(H,25,26,27). The van der Waals surface area contributed by atoms with E-state index in [0.29, 0.717) is 31.2 Å². The van der Waals surface area contributed by atoms with Crippen molar-refractivity contribution in [2.24, 2.45) is 0 Å². The topological polar surface area (TPSA) is 51.2 Å². The van der Waals surface area contributed by atoms with Gasteiger partial charge in [0.15, 0.2) is 5.13 Å². The molecule has 1 amide bonds. The third-order valence-corrected chi connectivity index (χ3v) is 6.62. The van der Waals surface area contributed by atoms with Crippen molar-refractivity contribution >= 4 is 43.4 Å². The molecule has 1 N–H and O–H groups in total. The Balaban J connectivity index is 1.52. The molecule has 1 fully saturated rings. The summed E-state index contributed by atoms with van der Waals surface area (Å²) in [5, 5.41) is 5.81. The molecule has 146 valence electrons. The highest BCUT2D eigenvalue weighted by atomic mass is 32.1. The number of carbonyl (C=O) groups is 1. The van der Waals surface area contributed by atoms with Gasteiger partial charge in [0.1, 0.15) is 5.82 Å². The molecule has 4 nitrogen and oxygen atoms in total. The Morgan fingerprint density at radius 2 is 1.79 bits per heavy atom. The van der Waals surface area contributed by atoms with Crippen molar-refractivity contribution in [1.82, 2.24) is 4.98 Å². The first-order valence-electron chi connectivity index (χ1n) is 9.59. The van der Waals surface area contributed by atoms with Gasteiger partial charge in [-0.05, 0) is 42.0 Å². The number of hydrogen-bond donors (Lipinski definition) is 1. The first-order valence-corrected chi connectivity index (χ1v) is 10.4. The number of benzene rings is 3. The predicted molar refractivity (Wildman–Crippen MR) is 114 cm³/mol. The Kier molecular flexibility index (Phi) is 4.53. The number of thiazole rings is 1. The van der Waals surface area contributed by atoms with Crippen molar-refractivity contribution in [2.75, 3.05) is 18.5 Å². The van der Waals surface area contributed by atoms with Crippen molar-refractivity contribution in [3.05, 3.63) is 72.0 Å². The molecule has 5 rings (SSSR count). The molecular formula is C23H19FN2O2S. The SMILES string of the molecule is O=C(Nc1nc2c(ccc3ccccc32)s1)C1(c2ccc(F)cc2)CCOCC1. The van der Waals surface area contributed by atoms with Gasteiger partial charge in [0.05, 0.1) is 15.6 Å². The second-order valence-electron chi connectivity index (χ2n) is 7.31. The van der Waals surface area contributed by atoms with E-state index >= 15 is 0 Å². The fourth-order valence-corrected chi connectivity index (χ4v) is 4.94. The van der Waals surface area contributed by atoms with Gasteiger partial charge in [-0.1, -0.05) is 53.8 Å². The number of carbonyl (C=O) groups excluding carboxylic acids is 1. The number of rotatable bonds is 3. The highest BCUT2D eigenvalue weighted by Gasteiger charge is 2.42. The minimum absolute atomic E-state index is 0.115. The highest BCUT2D eigenvalue weighted by molar-refractivity contribution is 7.22. The molecule has 1 aliphatic heterocycles. The van der Waals surface area contributed by atoms with Crippen molar-refractivity contribution in [2.45, 2.75) is 18.3 Å². The van der Waals surface area contributed by atoms with Gasteiger partial charge in [-0.15, -0.1) is 0 Å². The van der Waals surface area contributed by atoms with E-state index < -0.39 is 5.41 Å². The van der Waals surface area contributed by atoms with Gasteiger partial charge in [-0.25, -0.2) is 9.37 Å². The van der Waals surface area contributed by atoms with E-state index in [1.165, 1.54) is 23.5 Å². The van der Waals surface area contributed by atoms with E-state index in [1.54, 1.807) is 12.1 Å². The second-order valence-corrected chi connectivity index (χ2v) is 8.34. The van der Waals surface area contributed by atoms with E-state index in [4.69, 9.17) is 9.72 Å². The molecular weight excluding hydrogens is 387 g/mol. The first kappa shape index (κ1) is 18.2. The highest BCUT2D eigenvalue weighted by Crippen LogP contribution is 2.38. The van der Waals surface area contributed by atoms with Crippen molar-refractivity contribution < 1.29 is 13.9 Å². The molecule has 1 aromatic heterocycles. The molecule has 6 heteroatoms. The van der Waals surface area contributed by atoms with Gasteiger partial charge in [0.25, 0.3) is 0 Å². The number of hydrogen-bond acceptors (Lipinski definition) is 4. The maximum atomic E-state index is 13.4. The summed E-state index contributed by atoms with van der Waals surface area (Å²) < 4.78 is 20.0. The Morgan fingerprint density at radius 1 is 1.03 bits per heavy atom. The Hall–Kier alpha value is -2.83. The van der Waals surface area contributed by atoms with Crippen LogP contribution in [0.3, 0.4) is 0 Å². The smallest absolute Gasteiger partial charge is 0.236 e. The summed E-state index contributed by atoms with van der Waals surface area (Å²) >= 11 is 1.47. The number of nitrogens with zero attached hydrogens (tertiary/aromatic N) is 1. The number of amides is 1. The molecule has 3 aromatic carbocycles. The van der Waals surface area contributed by atoms with Crippen LogP contribution in [0.15, 0.2) is 60.7 Å². The van der Waals surface area contributed by atoms with Crippen LogP contribution >= 0.6 is 11.3 Å². The molecule has 1 saturated heterocycles. The molecule has 2 heterocycles. The number of ether oxygens (including phenoxy) is 1. The predicted octanol–water partition coefficient (Wildman–Crippen LogP) is 5.28. The van der Waals surface area contributed by atoms with Gasteiger partial charge in [-0.2, -0.15) is 0 Å². The number of aromatic nitrogens is 1. The molecule has 0 saturated carbocycles. The monoisotopic (exact) mass is 406 g/mol. The number of fused-ring (bicyclic) bond motifs is 3. The van der Waals surface area contributed by atoms with Crippen LogP contribution in [0, 0.1) is 5.82 Å². The molecule has 1 aliphatic rings. The average molecular weight is 406 g/mol. The van der Waals surface area contributed by atoms with Crippen LogP contribution in [0.25, 0.3) is 21.0 Å². The van der Waals surface area contributed by atoms with Gasteiger partial charge in [0.2, 0.25) is 5.91 Å². The van der Waals surface area contributed by atoms with Gasteiger partial charge in [-0.3, -0.25) is 4.79 Å². The van der Waals surface area contributed by atoms with E-state index in [2.05, 4.69) is 17.4 Å². The van der Waals surface area contributed by atoms with E-state index in [9.17, 15) is 9.18 Å². The summed E-state index contributed by atoms with van der Waals surface area (Å²) in [7, 11) is 0. The van der Waals surface area contributed by atoms with E-state index in [-0.39, 0.29) is 11.7 Å². The molecule has 0 aliphatic carbocycles. The quantitative estimate of drug-likeness (QED) is 0.504. The average Bonchev–Trinajstić information content (AvgIpc) is 3.17. The van der Waals surface area contributed by atoms with Crippen LogP contribution < -0.4 is 5.32 Å². The van der Waals surface area contributed by atoms with Crippen LogP contribution in [0.5, 0.6) is 0 Å². The van der Waals surface area contributed by atoms with Crippen molar-refractivity contribution in [1.29, 1.82) is 0 Å². The van der Waals surface area contributed by atoms with Gasteiger partial charge < -0.3 is 10.1 Å². The number of halogens is 1. The molecule has 0 spiro atoms. The molecule has 0 unspecified atom stereocenters. The lowest BCUT2D eigenvalue weighted by atomic mass is 9.73. The van der Waals surface area contributed by atoms with E-state index in [1.807, 2.05) is 24.3 Å². The summed E-state index contributed by atoms with van der Waals surface area (Å²) in [6.45, 7) is 0.991. The normalized spacial score (nSPS) is 16.2. The fraction of sp³-hybridized carbons (Fsp3) is 0.217. The molecule has 29 heavy (non-hydrogen) atoms. The van der Waals surface area contributed by atoms with E-state index in [0.717, 1.165) is 26.6 Å². The Morgan fingerprint density at radius 3 is 2.59 bits per heavy atom. The lowest BCUT2D eigenvalue weighted by molar-refractivity contribution is -0.125. The third-order valence-electron chi connectivity index (χ3n) is 5.68. The molecule has 4 aromatic rings. The zero-order chi connectivity index (χ0) is 19.8. The fourth-order valence-electron chi connectivity index (χ4n) is 4.07. The Labute approximate surface area is 171 Å². The minimum Gasteiger partial charge on any atom is -0.381 e. The van der Waals surface area contributed by atoms with Crippen LogP contribution in [0.1, 0.15) is 18.4 Å². The van der Waals surface area contributed by atoms with Gasteiger partial charge >= 0.3 is 0 Å². The largest absolute Gasteiger partial charge is 0.381 e. The molecule has 0 radical (unpaired) electrons. The van der Waals surface area contributed by atoms with Crippen LogP contribution in [0.4, 0.5) is 9.52 Å². The van der Waals surface area contributed by atoms with Crippen molar-refractivity contribution in [3.8, 4) is 0 Å². The van der Waals surface area contributed by atoms with Gasteiger partial charge in [0, 0.05) is 18.6 Å². The Bertz CT molecular complexity index is 1200. The summed E-state index contributed by atoms with van der Waals surface area (Å²) in [5.74, 6) is -0.426. The zero-order valence-electron chi connectivity index (χ0n) is 15.7. The minimum atomic E-state index is -0.744. The summed E-state index contributed by atoms with van der Waals surface area (Å²) in [6.07, 6.45) is 1.11. The third kappa shape index (κ3) is 3.18. The number of anilines is 1. The molecule has 0 bridgehead atoms. The maximum absolute atomic E-state index is 13.4. The maximum Gasteiger partial charge on any atom is 0.236 e. The van der Waals surface area contributed by atoms with Crippen LogP contribution in [0.2, 0.25) is 0 Å². The summed E-state index contributed by atoms with van der Waals surface area (Å²) in [4.78, 5) is 18.1. The summed E-state index contributed by atoms with van der Waals surface area (Å²) in [5.41, 5.74) is 0.962. The first-order chi connectivity index (χ1) is 14.2. The van der Waals surface area contributed by atoms with Crippen molar-refractivity contribution in [3.63, 3.8) is 0 Å². The molecule has 0 atom stereocenters. The summed E-state index contributed by atoms with van der Waals surface area (Å²) in [6, 6.07) is 18.4. The number of nitrogens with one attached hydrogen (secondary N) is 1. The zero-order valence-corrected chi connectivity index (χ0v) is 16.5.